The normalized spacial score (nSPS) is 18.1. The highest BCUT2D eigenvalue weighted by atomic mass is 35.5. The number of ether oxygens (including phenoxy) is 3. The minimum Gasteiger partial charge on any atom is -0.496 e. The first kappa shape index (κ1) is 32.0. The molecule has 0 aliphatic carbocycles. The second-order valence-electron chi connectivity index (χ2n) is 11.8. The molecule has 5 aromatic rings. The number of carbonyl (C=O) groups excluding carboxylic acids is 3. The third-order valence-corrected chi connectivity index (χ3v) is 8.78. The van der Waals surface area contributed by atoms with E-state index < -0.39 is 23.9 Å². The van der Waals surface area contributed by atoms with E-state index in [1.54, 1.807) is 82.4 Å². The number of pyridine rings is 1. The number of piperidine rings is 1. The molecule has 13 heteroatoms. The van der Waals surface area contributed by atoms with E-state index in [4.69, 9.17) is 25.8 Å². The number of carbonyl (C=O) groups is 3. The van der Waals surface area contributed by atoms with Crippen LogP contribution in [-0.4, -0.2) is 71.0 Å². The first-order valence-electron chi connectivity index (χ1n) is 15.6. The first-order valence-corrected chi connectivity index (χ1v) is 16.0. The van der Waals surface area contributed by atoms with Crippen LogP contribution in [0.2, 0.25) is 5.02 Å². The van der Waals surface area contributed by atoms with Crippen LogP contribution in [0.25, 0.3) is 16.8 Å². The molecule has 3 aliphatic rings. The van der Waals surface area contributed by atoms with E-state index in [0.717, 1.165) is 0 Å². The van der Waals surface area contributed by atoms with Gasteiger partial charge in [0.2, 0.25) is 0 Å². The quantitative estimate of drug-likeness (QED) is 0.271. The van der Waals surface area contributed by atoms with Crippen molar-refractivity contribution in [3.8, 4) is 28.4 Å². The summed E-state index contributed by atoms with van der Waals surface area (Å²) in [5.41, 5.74) is 2.55. The van der Waals surface area contributed by atoms with Crippen LogP contribution in [0, 0.1) is 5.82 Å². The van der Waals surface area contributed by atoms with Gasteiger partial charge >= 0.3 is 0 Å². The number of nitrogens with zero attached hydrogens (tertiary/aromatic N) is 3. The number of amides is 3. The van der Waals surface area contributed by atoms with Crippen LogP contribution in [0.3, 0.4) is 0 Å². The minimum atomic E-state index is -0.730. The van der Waals surface area contributed by atoms with Gasteiger partial charge in [0.05, 0.1) is 23.7 Å². The van der Waals surface area contributed by atoms with Crippen molar-refractivity contribution in [2.75, 3.05) is 26.8 Å². The number of rotatable bonds is 2. The Morgan fingerprint density at radius 2 is 1.88 bits per heavy atom. The Labute approximate surface area is 285 Å². The van der Waals surface area contributed by atoms with E-state index in [2.05, 4.69) is 15.6 Å². The first-order chi connectivity index (χ1) is 23.7. The number of likely N-dealkylation sites (tertiary alicyclic amines) is 1. The maximum atomic E-state index is 15.2. The van der Waals surface area contributed by atoms with Crippen molar-refractivity contribution >= 4 is 35.0 Å². The molecule has 2 N–H and O–H groups in total. The van der Waals surface area contributed by atoms with Crippen LogP contribution in [0.1, 0.15) is 32.8 Å². The number of aromatic nitrogens is 2. The number of methoxy groups -OCH3 is 1. The van der Waals surface area contributed by atoms with Crippen LogP contribution >= 0.6 is 11.6 Å². The molecule has 0 saturated carbocycles. The Morgan fingerprint density at radius 1 is 1.02 bits per heavy atom. The number of nitrogens with one attached hydrogen (secondary N) is 2. The van der Waals surface area contributed by atoms with E-state index in [-0.39, 0.29) is 42.8 Å². The van der Waals surface area contributed by atoms with Gasteiger partial charge in [0, 0.05) is 50.1 Å². The molecule has 2 aromatic heterocycles. The van der Waals surface area contributed by atoms with Crippen LogP contribution in [-0.2, 0) is 11.3 Å². The van der Waals surface area contributed by atoms with Crippen LogP contribution < -0.4 is 24.8 Å². The van der Waals surface area contributed by atoms with Gasteiger partial charge in [-0.1, -0.05) is 29.8 Å². The van der Waals surface area contributed by atoms with Crippen molar-refractivity contribution in [2.45, 2.75) is 25.1 Å². The lowest BCUT2D eigenvalue weighted by Gasteiger charge is -2.38. The third kappa shape index (κ3) is 6.86. The molecular formula is C36H31ClFN5O6. The monoisotopic (exact) mass is 683 g/mol. The smallest absolute Gasteiger partial charge is 0.274 e. The zero-order chi connectivity index (χ0) is 34.1. The summed E-state index contributed by atoms with van der Waals surface area (Å²) in [5, 5.41) is 6.29. The van der Waals surface area contributed by atoms with Crippen molar-refractivity contribution in [1.29, 1.82) is 0 Å². The van der Waals surface area contributed by atoms with Gasteiger partial charge in [-0.15, -0.1) is 0 Å². The number of hydrogen-bond donors (Lipinski definition) is 2. The maximum absolute atomic E-state index is 15.2. The highest BCUT2D eigenvalue weighted by Crippen LogP contribution is 2.29. The number of imidazole rings is 1. The molecule has 6 bridgehead atoms. The summed E-state index contributed by atoms with van der Waals surface area (Å²) >= 11 is 6.12. The average molecular weight is 684 g/mol. The molecule has 1 saturated heterocycles. The molecule has 0 radical (unpaired) electrons. The zero-order valence-corrected chi connectivity index (χ0v) is 27.1. The molecule has 0 spiro atoms. The molecular weight excluding hydrogens is 653 g/mol. The summed E-state index contributed by atoms with van der Waals surface area (Å²) in [5.74, 6) is -0.669. The summed E-state index contributed by atoms with van der Waals surface area (Å²) in [6.07, 6.45) is 3.03. The highest BCUT2D eigenvalue weighted by Gasteiger charge is 2.36. The fraction of sp³-hybridized carbons (Fsp3) is 0.222. The third-order valence-electron chi connectivity index (χ3n) is 8.56. The van der Waals surface area contributed by atoms with Gasteiger partial charge in [-0.2, -0.15) is 0 Å². The van der Waals surface area contributed by atoms with Gasteiger partial charge < -0.3 is 34.1 Å². The average Bonchev–Trinajstić information content (AvgIpc) is 3.53. The summed E-state index contributed by atoms with van der Waals surface area (Å²) < 4.78 is 34.6. The SMILES string of the molecule is COc1cc2ccc1CNC(=O)COc1cccc(c1)-c1ccc(F)c(c1)C(=O)N[C@@H]1CN(C(=O)c3cn4cc(Cl)ccc4n3)CC[C@@H]1O2. The lowest BCUT2D eigenvalue weighted by molar-refractivity contribution is -0.123. The van der Waals surface area contributed by atoms with Crippen molar-refractivity contribution in [2.24, 2.45) is 0 Å². The fourth-order valence-electron chi connectivity index (χ4n) is 6.03. The second-order valence-corrected chi connectivity index (χ2v) is 12.2. The fourth-order valence-corrected chi connectivity index (χ4v) is 6.20. The molecule has 49 heavy (non-hydrogen) atoms. The summed E-state index contributed by atoms with van der Waals surface area (Å²) in [7, 11) is 1.52. The molecule has 0 unspecified atom stereocenters. The minimum absolute atomic E-state index is 0.0752. The number of benzene rings is 3. The maximum Gasteiger partial charge on any atom is 0.274 e. The number of fused-ring (bicyclic) bond motifs is 8. The molecule has 250 valence electrons. The van der Waals surface area contributed by atoms with Crippen molar-refractivity contribution in [3.05, 3.63) is 113 Å². The number of halogens is 2. The van der Waals surface area contributed by atoms with Gasteiger partial charge in [0.15, 0.2) is 6.61 Å². The Morgan fingerprint density at radius 3 is 2.73 bits per heavy atom. The van der Waals surface area contributed by atoms with Gasteiger partial charge in [0.1, 0.15) is 40.5 Å². The van der Waals surface area contributed by atoms with Gasteiger partial charge in [-0.3, -0.25) is 14.4 Å². The van der Waals surface area contributed by atoms with Crippen LogP contribution in [0.4, 0.5) is 4.39 Å². The number of hydrogen-bond acceptors (Lipinski definition) is 7. The topological polar surface area (TPSA) is 124 Å². The predicted octanol–water partition coefficient (Wildman–Crippen LogP) is 4.90. The molecule has 2 atom stereocenters. The van der Waals surface area contributed by atoms with E-state index in [1.165, 1.54) is 19.2 Å². The van der Waals surface area contributed by atoms with E-state index in [9.17, 15) is 14.4 Å². The molecule has 3 aliphatic heterocycles. The molecule has 3 aromatic carbocycles. The molecule has 11 nitrogen and oxygen atoms in total. The largest absolute Gasteiger partial charge is 0.496 e. The second kappa shape index (κ2) is 13.5. The van der Waals surface area contributed by atoms with E-state index >= 15 is 4.39 Å². The molecule has 8 rings (SSSR count). The standard InChI is InChI=1S/C36H31ClFN5O6/c1-47-32-15-26-8-5-23(32)16-39-34(44)20-48-25-4-2-3-21(13-25)22-6-9-28(38)27(14-22)35(45)41-29-18-42(12-11-31(29)49-26)36(46)30-19-43-17-24(37)7-10-33(43)40-30/h2-10,13-15,17,19,29,31H,11-12,16,18,20H2,1H3,(H,39,44)(H,41,45)/t29-,31+/m1/s1. The van der Waals surface area contributed by atoms with Crippen LogP contribution in [0.5, 0.6) is 17.2 Å². The highest BCUT2D eigenvalue weighted by molar-refractivity contribution is 6.30. The lowest BCUT2D eigenvalue weighted by atomic mass is 9.99. The van der Waals surface area contributed by atoms with Gasteiger partial charge in [-0.25, -0.2) is 9.37 Å². The molecule has 3 amide bonds. The summed E-state index contributed by atoms with van der Waals surface area (Å²) in [6, 6.07) is 19.1. The summed E-state index contributed by atoms with van der Waals surface area (Å²) in [4.78, 5) is 46.2. The van der Waals surface area contributed by atoms with Crippen molar-refractivity contribution in [1.82, 2.24) is 24.9 Å². The lowest BCUT2D eigenvalue weighted by Crippen LogP contribution is -2.58. The Kier molecular flexibility index (Phi) is 8.79. The van der Waals surface area contributed by atoms with Gasteiger partial charge in [0.25, 0.3) is 17.7 Å². The Balaban J connectivity index is 1.23. The molecule has 5 heterocycles. The summed E-state index contributed by atoms with van der Waals surface area (Å²) in [6.45, 7) is 0.358. The zero-order valence-electron chi connectivity index (χ0n) is 26.3. The predicted molar refractivity (Wildman–Crippen MR) is 179 cm³/mol. The van der Waals surface area contributed by atoms with Crippen LogP contribution in [0.15, 0.2) is 85.2 Å². The Bertz CT molecular complexity index is 2090. The Hall–Kier alpha value is -5.62. The van der Waals surface area contributed by atoms with Crippen molar-refractivity contribution in [3.63, 3.8) is 0 Å². The van der Waals surface area contributed by atoms with E-state index in [0.29, 0.717) is 57.6 Å². The molecule has 1 fully saturated rings. The van der Waals surface area contributed by atoms with E-state index in [1.807, 2.05) is 0 Å². The van der Waals surface area contributed by atoms with Crippen molar-refractivity contribution < 1.29 is 33.0 Å². The van der Waals surface area contributed by atoms with Gasteiger partial charge in [-0.05, 0) is 59.7 Å².